The van der Waals surface area contributed by atoms with Crippen LogP contribution in [0.5, 0.6) is 0 Å². The number of hydrogen-bond acceptors (Lipinski definition) is 5. The van der Waals surface area contributed by atoms with Gasteiger partial charge >= 0.3 is 5.97 Å². The van der Waals surface area contributed by atoms with E-state index in [1.165, 1.54) is 13.1 Å². The van der Waals surface area contributed by atoms with Gasteiger partial charge in [0.2, 0.25) is 5.91 Å². The van der Waals surface area contributed by atoms with Crippen LogP contribution in [0, 0.1) is 0 Å². The molecule has 0 saturated carbocycles. The Morgan fingerprint density at radius 1 is 1.48 bits per heavy atom. The highest BCUT2D eigenvalue weighted by molar-refractivity contribution is 7.98. The molecule has 2 aliphatic rings. The molecule has 0 spiro atoms. The molecule has 9 heteroatoms. The van der Waals surface area contributed by atoms with E-state index >= 15 is 0 Å². The molecule has 0 unspecified atom stereocenters. The molecule has 0 bridgehead atoms. The molecule has 1 fully saturated rings. The van der Waals surface area contributed by atoms with E-state index < -0.39 is 29.1 Å². The second-order valence-corrected chi connectivity index (χ2v) is 6.48. The zero-order valence-electron chi connectivity index (χ0n) is 12.5. The lowest BCUT2D eigenvalue weighted by Crippen LogP contribution is -2.53. The van der Waals surface area contributed by atoms with Crippen LogP contribution in [0.3, 0.4) is 0 Å². The summed E-state index contributed by atoms with van der Waals surface area (Å²) in [5, 5.41) is 22.0. The number of hydrogen-bond donors (Lipinski definition) is 3. The fourth-order valence-electron chi connectivity index (χ4n) is 2.58. The highest BCUT2D eigenvalue weighted by Crippen LogP contribution is 2.45. The Labute approximate surface area is 135 Å². The summed E-state index contributed by atoms with van der Waals surface area (Å²) in [4.78, 5) is 35.5. The second kappa shape index (κ2) is 6.57. The molecular weight excluding hydrogens is 324 g/mol. The number of amides is 2. The standard InChI is InChI=1S/C14H16N2O6S/c1-7(6-17)11-9-5-10(23(22)4-3-15-8(2)18)12(14(20)21)16(9)13(11)19/h3-4,9,17H,5-6H2,1-2H3,(H,15,18)(H,20,21)/b4-3+,11-7+/t9-,23-/m1/s1. The molecule has 2 atom stereocenters. The van der Waals surface area contributed by atoms with Crippen molar-refractivity contribution >= 4 is 29.0 Å². The van der Waals surface area contributed by atoms with Crippen molar-refractivity contribution in [1.29, 1.82) is 0 Å². The lowest BCUT2D eigenvalue weighted by Gasteiger charge is -2.38. The number of aliphatic carboxylic acids is 1. The highest BCUT2D eigenvalue weighted by atomic mass is 32.2. The van der Waals surface area contributed by atoms with E-state index in [9.17, 15) is 24.0 Å². The minimum Gasteiger partial charge on any atom is -0.607 e. The predicted molar refractivity (Wildman–Crippen MR) is 80.8 cm³/mol. The number of nitrogens with one attached hydrogen (secondary N) is 1. The normalized spacial score (nSPS) is 23.7. The molecule has 2 amide bonds. The van der Waals surface area contributed by atoms with Gasteiger partial charge in [0.1, 0.15) is 5.41 Å². The minimum absolute atomic E-state index is 0.109. The van der Waals surface area contributed by atoms with Crippen molar-refractivity contribution in [3.8, 4) is 0 Å². The fourth-order valence-corrected chi connectivity index (χ4v) is 3.64. The molecule has 0 aromatic heterocycles. The lowest BCUT2D eigenvalue weighted by atomic mass is 9.90. The van der Waals surface area contributed by atoms with E-state index in [0.29, 0.717) is 11.1 Å². The van der Waals surface area contributed by atoms with Gasteiger partial charge in [-0.2, -0.15) is 0 Å². The molecule has 3 N–H and O–H groups in total. The van der Waals surface area contributed by atoms with Crippen LogP contribution in [0.15, 0.2) is 33.4 Å². The van der Waals surface area contributed by atoms with Crippen molar-refractivity contribution in [1.82, 2.24) is 10.2 Å². The number of carbonyl (C=O) groups is 3. The molecule has 124 valence electrons. The Kier molecular flexibility index (Phi) is 4.93. The number of fused-ring (bicyclic) bond motifs is 1. The summed E-state index contributed by atoms with van der Waals surface area (Å²) in [6.45, 7) is 2.58. The first-order valence-corrected chi connectivity index (χ1v) is 7.95. The van der Waals surface area contributed by atoms with Gasteiger partial charge in [-0.1, -0.05) is 0 Å². The molecular formula is C14H16N2O6S. The second-order valence-electron chi connectivity index (χ2n) is 5.12. The average Bonchev–Trinajstić information content (AvgIpc) is 2.82. The first kappa shape index (κ1) is 17.3. The third-order valence-electron chi connectivity index (χ3n) is 3.60. The molecule has 0 aromatic rings. The van der Waals surface area contributed by atoms with Gasteiger partial charge in [0.25, 0.3) is 5.91 Å². The van der Waals surface area contributed by atoms with Gasteiger partial charge in [0, 0.05) is 30.1 Å². The van der Waals surface area contributed by atoms with Crippen molar-refractivity contribution in [2.45, 2.75) is 26.3 Å². The van der Waals surface area contributed by atoms with Gasteiger partial charge in [-0.25, -0.2) is 4.79 Å². The Morgan fingerprint density at radius 2 is 2.13 bits per heavy atom. The highest BCUT2D eigenvalue weighted by Gasteiger charge is 2.55. The topological polar surface area (TPSA) is 130 Å². The third-order valence-corrected chi connectivity index (χ3v) is 4.83. The molecule has 8 nitrogen and oxygen atoms in total. The maximum atomic E-state index is 12.3. The Balaban J connectivity index is 2.30. The zero-order valence-corrected chi connectivity index (χ0v) is 13.3. The van der Waals surface area contributed by atoms with Crippen LogP contribution < -0.4 is 5.32 Å². The number of aliphatic hydroxyl groups is 1. The summed E-state index contributed by atoms with van der Waals surface area (Å²) in [6, 6.07) is -0.506. The summed E-state index contributed by atoms with van der Waals surface area (Å²) in [7, 11) is 0. The summed E-state index contributed by atoms with van der Waals surface area (Å²) >= 11 is -1.78. The Morgan fingerprint density at radius 3 is 2.65 bits per heavy atom. The van der Waals surface area contributed by atoms with Gasteiger partial charge in [0.15, 0.2) is 10.6 Å². The van der Waals surface area contributed by atoms with Crippen molar-refractivity contribution in [2.24, 2.45) is 0 Å². The summed E-state index contributed by atoms with van der Waals surface area (Å²) in [5.41, 5.74) is 0.547. The summed E-state index contributed by atoms with van der Waals surface area (Å²) in [6.07, 6.45) is 1.30. The molecule has 2 aliphatic heterocycles. The van der Waals surface area contributed by atoms with E-state index in [1.807, 2.05) is 0 Å². The molecule has 1 saturated heterocycles. The molecule has 0 aromatic carbocycles. The first-order valence-electron chi connectivity index (χ1n) is 6.74. The first-order chi connectivity index (χ1) is 10.8. The molecule has 0 aliphatic carbocycles. The zero-order chi connectivity index (χ0) is 17.3. The van der Waals surface area contributed by atoms with Gasteiger partial charge in [0.05, 0.1) is 18.8 Å². The number of nitrogens with zero attached hydrogens (tertiary/aromatic N) is 1. The monoisotopic (exact) mass is 340 g/mol. The SMILES string of the molecule is CC(=O)N/C=C/[S@@+]([O-])C1=C(C(=O)O)N2C(=O)/C(=C(\C)CO)[C@H]2C1. The van der Waals surface area contributed by atoms with Gasteiger partial charge in [-0.15, -0.1) is 0 Å². The van der Waals surface area contributed by atoms with Crippen LogP contribution in [-0.4, -0.2) is 50.1 Å². The van der Waals surface area contributed by atoms with Crippen molar-refractivity contribution in [3.63, 3.8) is 0 Å². The van der Waals surface area contributed by atoms with Crippen molar-refractivity contribution in [3.05, 3.63) is 33.4 Å². The third kappa shape index (κ3) is 3.03. The maximum absolute atomic E-state index is 12.3. The van der Waals surface area contributed by atoms with E-state index in [4.69, 9.17) is 5.11 Å². The average molecular weight is 340 g/mol. The van der Waals surface area contributed by atoms with Crippen LogP contribution in [0.4, 0.5) is 0 Å². The van der Waals surface area contributed by atoms with E-state index in [2.05, 4.69) is 5.32 Å². The van der Waals surface area contributed by atoms with Crippen LogP contribution in [0.1, 0.15) is 20.3 Å². The summed E-state index contributed by atoms with van der Waals surface area (Å²) < 4.78 is 12.3. The largest absolute Gasteiger partial charge is 0.607 e. The lowest BCUT2D eigenvalue weighted by molar-refractivity contribution is -0.142. The maximum Gasteiger partial charge on any atom is 0.357 e. The van der Waals surface area contributed by atoms with Crippen molar-refractivity contribution in [2.75, 3.05) is 6.61 Å². The van der Waals surface area contributed by atoms with Crippen LogP contribution in [-0.2, 0) is 25.6 Å². The molecule has 2 heterocycles. The number of carboxylic acids is 1. The fraction of sp³-hybridized carbons (Fsp3) is 0.357. The number of rotatable bonds is 5. The number of carbonyl (C=O) groups excluding carboxylic acids is 2. The molecule has 0 radical (unpaired) electrons. The quantitative estimate of drug-likeness (QED) is 0.353. The smallest absolute Gasteiger partial charge is 0.357 e. The van der Waals surface area contributed by atoms with Gasteiger partial charge in [-0.05, 0) is 12.5 Å². The van der Waals surface area contributed by atoms with Gasteiger partial charge < -0.3 is 20.1 Å². The summed E-state index contributed by atoms with van der Waals surface area (Å²) in [5.74, 6) is -2.17. The van der Waals surface area contributed by atoms with Crippen LogP contribution in [0.25, 0.3) is 0 Å². The van der Waals surface area contributed by atoms with Crippen LogP contribution >= 0.6 is 0 Å². The van der Waals surface area contributed by atoms with E-state index in [1.54, 1.807) is 6.92 Å². The predicted octanol–water partition coefficient (Wildman–Crippen LogP) is -0.438. The van der Waals surface area contributed by atoms with E-state index in [-0.39, 0.29) is 29.5 Å². The number of β-lactam (4-membered cyclic amide) rings is 1. The number of carboxylic acid groups (broad SMARTS) is 1. The van der Waals surface area contributed by atoms with Gasteiger partial charge in [-0.3, -0.25) is 14.5 Å². The van der Waals surface area contributed by atoms with E-state index in [0.717, 1.165) is 10.3 Å². The van der Waals surface area contributed by atoms with Crippen LogP contribution in [0.2, 0.25) is 0 Å². The Hall–Kier alpha value is -2.10. The number of aliphatic hydroxyl groups excluding tert-OH is 1. The minimum atomic E-state index is -1.78. The molecule has 2 rings (SSSR count). The Bertz CT molecular complexity index is 666. The van der Waals surface area contributed by atoms with Crippen molar-refractivity contribution < 1.29 is 29.1 Å². The molecule has 23 heavy (non-hydrogen) atoms.